The van der Waals surface area contributed by atoms with E-state index in [-0.39, 0.29) is 0 Å². The number of rotatable bonds is 6. The molecule has 1 aromatic heterocycles. The van der Waals surface area contributed by atoms with E-state index in [1.165, 1.54) is 0 Å². The second kappa shape index (κ2) is 9.02. The van der Waals surface area contributed by atoms with Crippen LogP contribution in [0.3, 0.4) is 0 Å². The van der Waals surface area contributed by atoms with Crippen molar-refractivity contribution in [2.75, 3.05) is 12.0 Å². The number of methoxy groups -OCH3 is 1. The van der Waals surface area contributed by atoms with Crippen molar-refractivity contribution in [3.05, 3.63) is 112 Å². The molecule has 0 fully saturated rings. The highest BCUT2D eigenvalue weighted by Crippen LogP contribution is 2.40. The maximum Gasteiger partial charge on any atom is 0.147 e. The Hall–Kier alpha value is -3.63. The molecule has 0 saturated heterocycles. The molecule has 2 aromatic carbocycles. The van der Waals surface area contributed by atoms with Gasteiger partial charge in [-0.2, -0.15) is 0 Å². The molecule has 0 bridgehead atoms. The van der Waals surface area contributed by atoms with Crippen LogP contribution in [0.4, 0.5) is 5.82 Å². The molecule has 31 heavy (non-hydrogen) atoms. The van der Waals surface area contributed by atoms with Crippen molar-refractivity contribution in [2.45, 2.75) is 6.04 Å². The van der Waals surface area contributed by atoms with E-state index in [2.05, 4.69) is 11.6 Å². The Morgan fingerprint density at radius 1 is 1.16 bits per heavy atom. The Kier molecular flexibility index (Phi) is 6.01. The molecule has 0 saturated carbocycles. The highest BCUT2D eigenvalue weighted by Gasteiger charge is 2.31. The first kappa shape index (κ1) is 20.6. The van der Waals surface area contributed by atoms with Crippen LogP contribution in [0.5, 0.6) is 5.75 Å². The van der Waals surface area contributed by atoms with E-state index in [9.17, 15) is 4.79 Å². The van der Waals surface area contributed by atoms with Crippen LogP contribution in [0.15, 0.2) is 90.8 Å². The van der Waals surface area contributed by atoms with E-state index in [1.54, 1.807) is 19.4 Å². The summed E-state index contributed by atoms with van der Waals surface area (Å²) >= 11 is 6.18. The highest BCUT2D eigenvalue weighted by molar-refractivity contribution is 6.30. The van der Waals surface area contributed by atoms with Crippen LogP contribution < -0.4 is 9.64 Å². The Balaban J connectivity index is 1.94. The van der Waals surface area contributed by atoms with E-state index in [4.69, 9.17) is 16.3 Å². The minimum atomic E-state index is -0.543. The third kappa shape index (κ3) is 4.16. The first-order chi connectivity index (χ1) is 15.1. The van der Waals surface area contributed by atoms with Gasteiger partial charge in [-0.3, -0.25) is 0 Å². The van der Waals surface area contributed by atoms with Crippen molar-refractivity contribution in [1.29, 1.82) is 0 Å². The lowest BCUT2D eigenvalue weighted by molar-refractivity contribution is -0.109. The summed E-state index contributed by atoms with van der Waals surface area (Å²) in [5.74, 6) is 1.40. The second-order valence-electron chi connectivity index (χ2n) is 7.02. The number of allylic oxidation sites excluding steroid dienone is 1. The van der Waals surface area contributed by atoms with Gasteiger partial charge in [0.05, 0.1) is 12.8 Å². The van der Waals surface area contributed by atoms with E-state index in [0.717, 1.165) is 40.0 Å². The molecule has 0 radical (unpaired) electrons. The van der Waals surface area contributed by atoms with Crippen LogP contribution in [0.1, 0.15) is 22.7 Å². The van der Waals surface area contributed by atoms with Crippen molar-refractivity contribution in [1.82, 2.24) is 4.98 Å². The van der Waals surface area contributed by atoms with Gasteiger partial charge in [-0.1, -0.05) is 48.5 Å². The predicted molar refractivity (Wildman–Crippen MR) is 126 cm³/mol. The number of hydrogen-bond donors (Lipinski definition) is 0. The molecule has 3 aromatic rings. The lowest BCUT2D eigenvalue weighted by Crippen LogP contribution is -2.33. The molecule has 0 aliphatic carbocycles. The number of aldehydes is 1. The quantitative estimate of drug-likeness (QED) is 0.350. The summed E-state index contributed by atoms with van der Waals surface area (Å²) in [6.07, 6.45) is 8.45. The smallest absolute Gasteiger partial charge is 0.147 e. The van der Waals surface area contributed by atoms with Crippen LogP contribution >= 0.6 is 11.6 Å². The molecule has 2 heterocycles. The number of benzene rings is 2. The second-order valence-corrected chi connectivity index (χ2v) is 7.46. The molecule has 4 nitrogen and oxygen atoms in total. The zero-order valence-electron chi connectivity index (χ0n) is 17.0. The van der Waals surface area contributed by atoms with E-state index >= 15 is 0 Å². The largest absolute Gasteiger partial charge is 0.497 e. The minimum Gasteiger partial charge on any atom is -0.497 e. The summed E-state index contributed by atoms with van der Waals surface area (Å²) in [6, 6.07) is 18.4. The summed E-state index contributed by atoms with van der Waals surface area (Å²) < 4.78 is 5.40. The summed E-state index contributed by atoms with van der Waals surface area (Å²) in [6.45, 7) is 4.02. The monoisotopic (exact) mass is 428 g/mol. The SMILES string of the molecule is C=CC(=Cc1cccc(Cl)c1)C1=Cc2cc(OC)ccc2C(C=O)N1c1ccccn1. The first-order valence-corrected chi connectivity index (χ1v) is 10.2. The maximum atomic E-state index is 12.3. The molecular formula is C26H21ClN2O2. The number of anilines is 1. The van der Waals surface area contributed by atoms with Gasteiger partial charge in [-0.15, -0.1) is 0 Å². The van der Waals surface area contributed by atoms with Gasteiger partial charge in [-0.05, 0) is 70.8 Å². The summed E-state index contributed by atoms with van der Waals surface area (Å²) in [7, 11) is 1.63. The Morgan fingerprint density at radius 2 is 2.03 bits per heavy atom. The average molecular weight is 429 g/mol. The van der Waals surface area contributed by atoms with Gasteiger partial charge in [0.25, 0.3) is 0 Å². The Bertz CT molecular complexity index is 1190. The van der Waals surface area contributed by atoms with Crippen LogP contribution in [0.25, 0.3) is 12.2 Å². The zero-order valence-corrected chi connectivity index (χ0v) is 17.8. The molecule has 4 rings (SSSR count). The molecule has 5 heteroatoms. The number of aromatic nitrogens is 1. The van der Waals surface area contributed by atoms with Crippen molar-refractivity contribution in [3.63, 3.8) is 0 Å². The predicted octanol–water partition coefficient (Wildman–Crippen LogP) is 6.11. The van der Waals surface area contributed by atoms with Gasteiger partial charge < -0.3 is 14.4 Å². The minimum absolute atomic E-state index is 0.543. The molecule has 154 valence electrons. The number of ether oxygens (including phenoxy) is 1. The normalized spacial score (nSPS) is 15.7. The van der Waals surface area contributed by atoms with Crippen LogP contribution in [0.2, 0.25) is 5.02 Å². The number of carbonyl (C=O) groups is 1. The molecule has 0 spiro atoms. The number of carbonyl (C=O) groups excluding carboxylic acids is 1. The Morgan fingerprint density at radius 3 is 2.71 bits per heavy atom. The van der Waals surface area contributed by atoms with Gasteiger partial charge in [0.2, 0.25) is 0 Å². The number of pyridine rings is 1. The standard InChI is InChI=1S/C26H21ClN2O2/c1-3-19(13-18-7-6-8-21(27)14-18)24-16-20-15-22(31-2)10-11-23(20)25(17-30)29(24)26-9-4-5-12-28-26/h3-17,25H,1H2,2H3. The Labute approximate surface area is 186 Å². The first-order valence-electron chi connectivity index (χ1n) is 9.80. The summed E-state index contributed by atoms with van der Waals surface area (Å²) in [4.78, 5) is 18.8. The molecular weight excluding hydrogens is 408 g/mol. The summed E-state index contributed by atoms with van der Waals surface area (Å²) in [5, 5.41) is 0.650. The lowest BCUT2D eigenvalue weighted by atomic mass is 9.91. The number of hydrogen-bond acceptors (Lipinski definition) is 4. The van der Waals surface area contributed by atoms with Gasteiger partial charge >= 0.3 is 0 Å². The zero-order chi connectivity index (χ0) is 21.8. The number of fused-ring (bicyclic) bond motifs is 1. The molecule has 1 aliphatic rings. The third-order valence-corrected chi connectivity index (χ3v) is 5.39. The van der Waals surface area contributed by atoms with Crippen LogP contribution in [-0.4, -0.2) is 18.4 Å². The van der Waals surface area contributed by atoms with Crippen molar-refractivity contribution in [2.24, 2.45) is 0 Å². The van der Waals surface area contributed by atoms with Crippen LogP contribution in [-0.2, 0) is 4.79 Å². The number of halogens is 1. The maximum absolute atomic E-state index is 12.3. The fourth-order valence-corrected chi connectivity index (χ4v) is 3.91. The van der Waals surface area contributed by atoms with E-state index in [0.29, 0.717) is 10.8 Å². The van der Waals surface area contributed by atoms with Crippen molar-refractivity contribution < 1.29 is 9.53 Å². The fourth-order valence-electron chi connectivity index (χ4n) is 3.71. The van der Waals surface area contributed by atoms with E-state index < -0.39 is 6.04 Å². The topological polar surface area (TPSA) is 42.4 Å². The van der Waals surface area contributed by atoms with E-state index in [1.807, 2.05) is 77.7 Å². The molecule has 0 N–H and O–H groups in total. The summed E-state index contributed by atoms with van der Waals surface area (Å²) in [5.41, 5.74) is 4.39. The van der Waals surface area contributed by atoms with Gasteiger partial charge in [-0.25, -0.2) is 4.98 Å². The number of nitrogens with zero attached hydrogens (tertiary/aromatic N) is 2. The van der Waals surface area contributed by atoms with Gasteiger partial charge in [0.15, 0.2) is 0 Å². The lowest BCUT2D eigenvalue weighted by Gasteiger charge is -2.36. The van der Waals surface area contributed by atoms with Gasteiger partial charge in [0.1, 0.15) is 23.9 Å². The molecule has 1 unspecified atom stereocenters. The molecule has 1 aliphatic heterocycles. The third-order valence-electron chi connectivity index (χ3n) is 5.15. The van der Waals surface area contributed by atoms with Crippen LogP contribution in [0, 0.1) is 0 Å². The van der Waals surface area contributed by atoms with Gasteiger partial charge in [0, 0.05) is 11.2 Å². The highest BCUT2D eigenvalue weighted by atomic mass is 35.5. The molecule has 1 atom stereocenters. The fraction of sp³-hybridized carbons (Fsp3) is 0.0769. The average Bonchev–Trinajstić information content (AvgIpc) is 2.81. The van der Waals surface area contributed by atoms with Crippen molar-refractivity contribution in [3.8, 4) is 5.75 Å². The van der Waals surface area contributed by atoms with Crippen molar-refractivity contribution >= 4 is 35.9 Å². The molecule has 0 amide bonds.